The maximum atomic E-state index is 12.2. The van der Waals surface area contributed by atoms with Crippen LogP contribution in [0.15, 0.2) is 23.1 Å². The molecule has 1 aliphatic rings. The Hall–Kier alpha value is -1.95. The van der Waals surface area contributed by atoms with Gasteiger partial charge in [-0.25, -0.2) is 0 Å². The molecule has 20 heavy (non-hydrogen) atoms. The number of amides is 2. The first kappa shape index (κ1) is 14.5. The average Bonchev–Trinajstić information content (AvgIpc) is 2.68. The van der Waals surface area contributed by atoms with E-state index < -0.39 is 0 Å². The zero-order chi connectivity index (χ0) is 14.9. The number of imide groups is 1. The highest BCUT2D eigenvalue weighted by Crippen LogP contribution is 2.35. The van der Waals surface area contributed by atoms with E-state index in [1.54, 1.807) is 6.07 Å². The first-order chi connectivity index (χ1) is 9.43. The molecule has 1 aliphatic heterocycles. The minimum atomic E-state index is -0.318. The molecule has 0 bridgehead atoms. The van der Waals surface area contributed by atoms with E-state index in [-0.39, 0.29) is 28.7 Å². The fraction of sp³-hybridized carbons (Fsp3) is 0.286. The smallest absolute Gasteiger partial charge is 0.293 e. The van der Waals surface area contributed by atoms with E-state index in [2.05, 4.69) is 0 Å². The molecule has 2 rings (SSSR count). The van der Waals surface area contributed by atoms with Gasteiger partial charge >= 0.3 is 0 Å². The number of hydrogen-bond acceptors (Lipinski definition) is 5. The molecule has 5 nitrogen and oxygen atoms in total. The summed E-state index contributed by atoms with van der Waals surface area (Å²) in [4.78, 5) is 25.6. The summed E-state index contributed by atoms with van der Waals surface area (Å²) in [6.07, 6.45) is 2.23. The Morgan fingerprint density at radius 1 is 1.30 bits per heavy atom. The SMILES string of the molecule is CC[C@H](C)N1C(=O)S/C(=C/c2ccc(O)c(O)c2)C1=O. The van der Waals surface area contributed by atoms with Crippen molar-refractivity contribution in [2.75, 3.05) is 0 Å². The van der Waals surface area contributed by atoms with E-state index in [1.165, 1.54) is 23.1 Å². The van der Waals surface area contributed by atoms with Crippen LogP contribution in [-0.2, 0) is 4.79 Å². The summed E-state index contributed by atoms with van der Waals surface area (Å²) in [6.45, 7) is 3.74. The predicted octanol–water partition coefficient (Wildman–Crippen LogP) is 2.93. The maximum absolute atomic E-state index is 12.2. The largest absolute Gasteiger partial charge is 0.504 e. The van der Waals surface area contributed by atoms with Gasteiger partial charge < -0.3 is 10.2 Å². The summed E-state index contributed by atoms with van der Waals surface area (Å²) in [5, 5.41) is 18.4. The number of nitrogens with zero attached hydrogens (tertiary/aromatic N) is 1. The third kappa shape index (κ3) is 2.65. The van der Waals surface area contributed by atoms with Crippen LogP contribution < -0.4 is 0 Å². The van der Waals surface area contributed by atoms with Crippen molar-refractivity contribution in [1.29, 1.82) is 0 Å². The summed E-state index contributed by atoms with van der Waals surface area (Å²) < 4.78 is 0. The molecule has 1 aromatic carbocycles. The number of aromatic hydroxyl groups is 2. The van der Waals surface area contributed by atoms with Crippen molar-refractivity contribution >= 4 is 29.0 Å². The molecule has 1 saturated heterocycles. The van der Waals surface area contributed by atoms with Crippen molar-refractivity contribution < 1.29 is 19.8 Å². The molecule has 0 saturated carbocycles. The van der Waals surface area contributed by atoms with Crippen molar-refractivity contribution in [3.05, 3.63) is 28.7 Å². The Bertz CT molecular complexity index is 597. The molecule has 1 fully saturated rings. The van der Waals surface area contributed by atoms with Crippen LogP contribution in [0.4, 0.5) is 4.79 Å². The van der Waals surface area contributed by atoms with Crippen LogP contribution in [0.2, 0.25) is 0 Å². The zero-order valence-electron chi connectivity index (χ0n) is 11.2. The van der Waals surface area contributed by atoms with Gasteiger partial charge in [-0.05, 0) is 48.9 Å². The van der Waals surface area contributed by atoms with Crippen molar-refractivity contribution in [3.63, 3.8) is 0 Å². The van der Waals surface area contributed by atoms with Crippen molar-refractivity contribution in [3.8, 4) is 11.5 Å². The quantitative estimate of drug-likeness (QED) is 0.662. The van der Waals surface area contributed by atoms with Crippen LogP contribution in [0.25, 0.3) is 6.08 Å². The standard InChI is InChI=1S/C14H15NO4S/c1-3-8(2)15-13(18)12(20-14(15)19)7-9-4-5-10(16)11(17)6-9/h4-8,16-17H,3H2,1-2H3/b12-7+/t8-/m0/s1. The van der Waals surface area contributed by atoms with Gasteiger partial charge in [0.1, 0.15) is 0 Å². The van der Waals surface area contributed by atoms with Crippen LogP contribution in [-0.4, -0.2) is 32.3 Å². The minimum absolute atomic E-state index is 0.137. The Morgan fingerprint density at radius 3 is 2.60 bits per heavy atom. The summed E-state index contributed by atoms with van der Waals surface area (Å²) >= 11 is 0.885. The fourth-order valence-corrected chi connectivity index (χ4v) is 2.75. The lowest BCUT2D eigenvalue weighted by molar-refractivity contribution is -0.124. The van der Waals surface area contributed by atoms with Gasteiger partial charge in [0, 0.05) is 6.04 Å². The number of benzene rings is 1. The van der Waals surface area contributed by atoms with Crippen LogP contribution in [0.1, 0.15) is 25.8 Å². The number of phenols is 2. The highest BCUT2D eigenvalue weighted by molar-refractivity contribution is 8.18. The van der Waals surface area contributed by atoms with Crippen molar-refractivity contribution in [1.82, 2.24) is 4.90 Å². The molecule has 2 N–H and O–H groups in total. The van der Waals surface area contributed by atoms with Crippen LogP contribution in [0, 0.1) is 0 Å². The molecule has 6 heteroatoms. The van der Waals surface area contributed by atoms with Gasteiger partial charge in [-0.3, -0.25) is 14.5 Å². The third-order valence-corrected chi connectivity index (χ3v) is 4.04. The lowest BCUT2D eigenvalue weighted by Gasteiger charge is -2.19. The Morgan fingerprint density at radius 2 is 2.00 bits per heavy atom. The predicted molar refractivity (Wildman–Crippen MR) is 77.3 cm³/mol. The van der Waals surface area contributed by atoms with Gasteiger partial charge in [0.15, 0.2) is 11.5 Å². The molecule has 1 atom stereocenters. The van der Waals surface area contributed by atoms with E-state index >= 15 is 0 Å². The Kier molecular flexibility index (Phi) is 4.04. The number of rotatable bonds is 3. The van der Waals surface area contributed by atoms with E-state index in [0.717, 1.165) is 11.8 Å². The third-order valence-electron chi connectivity index (χ3n) is 3.15. The second kappa shape index (κ2) is 5.58. The summed E-state index contributed by atoms with van der Waals surface area (Å²) in [6, 6.07) is 4.10. The topological polar surface area (TPSA) is 77.8 Å². The van der Waals surface area contributed by atoms with Gasteiger partial charge in [0.2, 0.25) is 0 Å². The molecular formula is C14H15NO4S. The van der Waals surface area contributed by atoms with Crippen molar-refractivity contribution in [2.24, 2.45) is 0 Å². The fourth-order valence-electron chi connectivity index (χ4n) is 1.82. The summed E-state index contributed by atoms with van der Waals surface area (Å²) in [7, 11) is 0. The number of hydrogen-bond donors (Lipinski definition) is 2. The second-order valence-electron chi connectivity index (χ2n) is 4.56. The Labute approximate surface area is 120 Å². The number of carbonyl (C=O) groups is 2. The van der Waals surface area contributed by atoms with Crippen LogP contribution in [0.5, 0.6) is 11.5 Å². The van der Waals surface area contributed by atoms with E-state index in [0.29, 0.717) is 16.9 Å². The lowest BCUT2D eigenvalue weighted by atomic mass is 10.1. The molecule has 0 spiro atoms. The average molecular weight is 293 g/mol. The monoisotopic (exact) mass is 293 g/mol. The first-order valence-corrected chi connectivity index (χ1v) is 7.04. The van der Waals surface area contributed by atoms with Gasteiger partial charge in [-0.15, -0.1) is 0 Å². The van der Waals surface area contributed by atoms with Gasteiger partial charge in [-0.2, -0.15) is 0 Å². The molecule has 1 heterocycles. The molecular weight excluding hydrogens is 278 g/mol. The molecule has 2 amide bonds. The lowest BCUT2D eigenvalue weighted by Crippen LogP contribution is -2.36. The van der Waals surface area contributed by atoms with Crippen LogP contribution in [0.3, 0.4) is 0 Å². The minimum Gasteiger partial charge on any atom is -0.504 e. The molecule has 106 valence electrons. The van der Waals surface area contributed by atoms with Gasteiger partial charge in [0.05, 0.1) is 4.91 Å². The summed E-state index contributed by atoms with van der Waals surface area (Å²) in [5.74, 6) is -0.809. The first-order valence-electron chi connectivity index (χ1n) is 6.23. The van der Waals surface area contributed by atoms with Gasteiger partial charge in [-0.1, -0.05) is 13.0 Å². The van der Waals surface area contributed by atoms with E-state index in [1.807, 2.05) is 13.8 Å². The summed E-state index contributed by atoms with van der Waals surface area (Å²) in [5.41, 5.74) is 0.551. The molecule has 1 aromatic rings. The molecule has 0 radical (unpaired) electrons. The molecule has 0 unspecified atom stereocenters. The van der Waals surface area contributed by atoms with E-state index in [4.69, 9.17) is 0 Å². The molecule has 0 aliphatic carbocycles. The molecule has 0 aromatic heterocycles. The van der Waals surface area contributed by atoms with E-state index in [9.17, 15) is 19.8 Å². The zero-order valence-corrected chi connectivity index (χ0v) is 12.0. The highest BCUT2D eigenvalue weighted by Gasteiger charge is 2.37. The maximum Gasteiger partial charge on any atom is 0.293 e. The Balaban J connectivity index is 2.30. The van der Waals surface area contributed by atoms with Crippen molar-refractivity contribution in [2.45, 2.75) is 26.3 Å². The number of carbonyl (C=O) groups excluding carboxylic acids is 2. The second-order valence-corrected chi connectivity index (χ2v) is 5.55. The highest BCUT2D eigenvalue weighted by atomic mass is 32.2. The van der Waals surface area contributed by atoms with Crippen LogP contribution >= 0.6 is 11.8 Å². The normalized spacial score (nSPS) is 18.9. The number of phenolic OH excluding ortho intramolecular Hbond substituents is 2. The van der Waals surface area contributed by atoms with Gasteiger partial charge in [0.25, 0.3) is 11.1 Å². The number of thioether (sulfide) groups is 1.